The Bertz CT molecular complexity index is 3370. The standard InChI is InChI=1S/C58H39NS/c1-57(2)45-23-8-3-18-41(45)42-22-13-21-38(56(42)57)36-32-34-37(35-33-36)59(51-29-15-31-53-55(51)44-20-7-12-30-52(44)60-53)50-28-14-27-49-54(50)43-19-6-11-26-48(43)58(49)46-24-9-4-16-39(46)40-17-5-10-25-47(40)58/h3-35H,1-2H3. The van der Waals surface area contributed by atoms with E-state index in [2.05, 4.69) is 219 Å². The van der Waals surface area contributed by atoms with Crippen molar-refractivity contribution in [3.63, 3.8) is 0 Å². The predicted molar refractivity (Wildman–Crippen MR) is 253 cm³/mol. The lowest BCUT2D eigenvalue weighted by Gasteiger charge is -2.32. The quantitative estimate of drug-likeness (QED) is 0.172. The molecule has 282 valence electrons. The van der Waals surface area contributed by atoms with Gasteiger partial charge in [0.2, 0.25) is 0 Å². The van der Waals surface area contributed by atoms with Crippen LogP contribution in [0.5, 0.6) is 0 Å². The molecule has 0 N–H and O–H groups in total. The van der Waals surface area contributed by atoms with Crippen LogP contribution in [0.1, 0.15) is 47.2 Å². The third kappa shape index (κ3) is 4.31. The Hall–Kier alpha value is -7.00. The van der Waals surface area contributed by atoms with E-state index in [0.29, 0.717) is 0 Å². The second-order valence-electron chi connectivity index (χ2n) is 17.1. The third-order valence-electron chi connectivity index (χ3n) is 13.9. The van der Waals surface area contributed by atoms with Gasteiger partial charge in [0.25, 0.3) is 0 Å². The summed E-state index contributed by atoms with van der Waals surface area (Å²) in [7, 11) is 0. The summed E-state index contributed by atoms with van der Waals surface area (Å²) in [5.41, 5.74) is 21.6. The van der Waals surface area contributed by atoms with Gasteiger partial charge in [-0.1, -0.05) is 178 Å². The van der Waals surface area contributed by atoms with Gasteiger partial charge in [-0.3, -0.25) is 0 Å². The van der Waals surface area contributed by atoms with Crippen molar-refractivity contribution < 1.29 is 0 Å². The van der Waals surface area contributed by atoms with Crippen LogP contribution >= 0.6 is 11.3 Å². The molecule has 0 amide bonds. The van der Waals surface area contributed by atoms with Gasteiger partial charge in [-0.15, -0.1) is 11.3 Å². The zero-order chi connectivity index (χ0) is 39.7. The molecular formula is C58H39NS. The lowest BCUT2D eigenvalue weighted by molar-refractivity contribution is 0.662. The molecular weight excluding hydrogens is 743 g/mol. The van der Waals surface area contributed by atoms with E-state index in [1.807, 2.05) is 11.3 Å². The number of fused-ring (bicyclic) bond motifs is 16. The smallest absolute Gasteiger partial charge is 0.0726 e. The van der Waals surface area contributed by atoms with Crippen molar-refractivity contribution in [3.05, 3.63) is 234 Å². The lowest BCUT2D eigenvalue weighted by atomic mass is 9.70. The van der Waals surface area contributed by atoms with Crippen molar-refractivity contribution in [1.29, 1.82) is 0 Å². The van der Waals surface area contributed by atoms with Crippen molar-refractivity contribution in [2.24, 2.45) is 0 Å². The predicted octanol–water partition coefficient (Wildman–Crippen LogP) is 15.8. The average molecular weight is 782 g/mol. The van der Waals surface area contributed by atoms with Crippen LogP contribution in [0.25, 0.3) is 64.7 Å². The molecule has 0 saturated carbocycles. The van der Waals surface area contributed by atoms with Crippen LogP contribution in [0, 0.1) is 0 Å². The van der Waals surface area contributed by atoms with Gasteiger partial charge in [0.1, 0.15) is 0 Å². The van der Waals surface area contributed by atoms with Gasteiger partial charge in [0.05, 0.1) is 16.8 Å². The molecule has 1 aromatic heterocycles. The van der Waals surface area contributed by atoms with Crippen LogP contribution in [0.15, 0.2) is 200 Å². The van der Waals surface area contributed by atoms with Crippen LogP contribution in [0.4, 0.5) is 17.1 Å². The fourth-order valence-corrected chi connectivity index (χ4v) is 12.7. The first kappa shape index (κ1) is 33.9. The van der Waals surface area contributed by atoms with Crippen LogP contribution < -0.4 is 4.90 Å². The zero-order valence-corrected chi connectivity index (χ0v) is 34.2. The normalized spacial score (nSPS) is 14.4. The van der Waals surface area contributed by atoms with Gasteiger partial charge in [-0.2, -0.15) is 0 Å². The number of thiophene rings is 1. The molecule has 2 heteroatoms. The Kier molecular flexibility index (Phi) is 6.94. The Morgan fingerprint density at radius 2 is 0.883 bits per heavy atom. The van der Waals surface area contributed by atoms with Crippen LogP contribution in [0.3, 0.4) is 0 Å². The fourth-order valence-electron chi connectivity index (χ4n) is 11.5. The molecule has 0 saturated heterocycles. The number of nitrogens with zero attached hydrogens (tertiary/aromatic N) is 1. The highest BCUT2D eigenvalue weighted by Gasteiger charge is 2.52. The first-order chi connectivity index (χ1) is 29.5. The van der Waals surface area contributed by atoms with Gasteiger partial charge >= 0.3 is 0 Å². The Labute approximate surface area is 354 Å². The molecule has 13 rings (SSSR count). The van der Waals surface area contributed by atoms with E-state index in [4.69, 9.17) is 0 Å². The molecule has 9 aromatic carbocycles. The topological polar surface area (TPSA) is 3.24 Å². The minimum absolute atomic E-state index is 0.103. The molecule has 3 aliphatic carbocycles. The molecule has 0 bridgehead atoms. The number of hydrogen-bond acceptors (Lipinski definition) is 2. The zero-order valence-electron chi connectivity index (χ0n) is 33.4. The fraction of sp³-hybridized carbons (Fsp3) is 0.0690. The number of benzene rings is 9. The maximum absolute atomic E-state index is 2.56. The second-order valence-corrected chi connectivity index (χ2v) is 18.2. The molecule has 0 radical (unpaired) electrons. The minimum Gasteiger partial charge on any atom is -0.309 e. The molecule has 1 heterocycles. The van der Waals surface area contributed by atoms with E-state index in [1.54, 1.807) is 0 Å². The van der Waals surface area contributed by atoms with Gasteiger partial charge in [-0.25, -0.2) is 0 Å². The van der Waals surface area contributed by atoms with Crippen molar-refractivity contribution in [1.82, 2.24) is 0 Å². The summed E-state index contributed by atoms with van der Waals surface area (Å²) in [6.07, 6.45) is 0. The summed E-state index contributed by atoms with van der Waals surface area (Å²) < 4.78 is 2.60. The van der Waals surface area contributed by atoms with Gasteiger partial charge in [0, 0.05) is 36.8 Å². The third-order valence-corrected chi connectivity index (χ3v) is 15.0. The summed E-state index contributed by atoms with van der Waals surface area (Å²) in [4.78, 5) is 2.56. The largest absolute Gasteiger partial charge is 0.309 e. The highest BCUT2D eigenvalue weighted by atomic mass is 32.1. The van der Waals surface area contributed by atoms with E-state index in [-0.39, 0.29) is 5.41 Å². The summed E-state index contributed by atoms with van der Waals surface area (Å²) >= 11 is 1.88. The summed E-state index contributed by atoms with van der Waals surface area (Å²) in [6.45, 7) is 4.76. The molecule has 10 aromatic rings. The minimum atomic E-state index is -0.427. The van der Waals surface area contributed by atoms with E-state index >= 15 is 0 Å². The van der Waals surface area contributed by atoms with Crippen molar-refractivity contribution >= 4 is 48.6 Å². The monoisotopic (exact) mass is 781 g/mol. The second kappa shape index (κ2) is 12.3. The molecule has 0 atom stereocenters. The molecule has 0 aliphatic heterocycles. The Morgan fingerprint density at radius 3 is 1.62 bits per heavy atom. The summed E-state index contributed by atoms with van der Waals surface area (Å²) in [6, 6.07) is 75.3. The van der Waals surface area contributed by atoms with E-state index < -0.39 is 5.41 Å². The highest BCUT2D eigenvalue weighted by Crippen LogP contribution is 2.65. The first-order valence-corrected chi connectivity index (χ1v) is 21.8. The Balaban J connectivity index is 1.07. The van der Waals surface area contributed by atoms with Gasteiger partial charge < -0.3 is 4.90 Å². The van der Waals surface area contributed by atoms with Gasteiger partial charge in [0.15, 0.2) is 0 Å². The van der Waals surface area contributed by atoms with E-state index in [0.717, 1.165) is 5.69 Å². The molecule has 0 unspecified atom stereocenters. The summed E-state index contributed by atoms with van der Waals surface area (Å²) in [5, 5.41) is 2.58. The van der Waals surface area contributed by atoms with E-state index in [9.17, 15) is 0 Å². The molecule has 1 spiro atoms. The number of hydrogen-bond donors (Lipinski definition) is 0. The van der Waals surface area contributed by atoms with Crippen LogP contribution in [-0.4, -0.2) is 0 Å². The summed E-state index contributed by atoms with van der Waals surface area (Å²) in [5.74, 6) is 0. The molecule has 60 heavy (non-hydrogen) atoms. The Morgan fingerprint density at radius 1 is 0.383 bits per heavy atom. The van der Waals surface area contributed by atoms with Crippen molar-refractivity contribution in [3.8, 4) is 44.5 Å². The van der Waals surface area contributed by atoms with Crippen LogP contribution in [0.2, 0.25) is 0 Å². The number of anilines is 3. The SMILES string of the molecule is CC1(C)c2ccccc2-c2cccc(-c3ccc(N(c4cccc5c4-c4ccccc4C54c5ccccc5-c5ccccc54)c4cccc5sc6ccccc6c45)cc3)c21. The first-order valence-electron chi connectivity index (χ1n) is 21.0. The van der Waals surface area contributed by atoms with E-state index in [1.165, 1.54) is 109 Å². The molecule has 1 nitrogen and oxygen atoms in total. The molecule has 3 aliphatic rings. The average Bonchev–Trinajstić information content (AvgIpc) is 4.00. The van der Waals surface area contributed by atoms with Crippen LogP contribution in [-0.2, 0) is 10.8 Å². The maximum Gasteiger partial charge on any atom is 0.0726 e. The number of rotatable bonds is 4. The maximum atomic E-state index is 2.56. The van der Waals surface area contributed by atoms with Gasteiger partial charge in [-0.05, 0) is 109 Å². The molecule has 0 fully saturated rings. The van der Waals surface area contributed by atoms with Crippen molar-refractivity contribution in [2.75, 3.05) is 4.90 Å². The highest BCUT2D eigenvalue weighted by molar-refractivity contribution is 7.26. The van der Waals surface area contributed by atoms with Crippen molar-refractivity contribution in [2.45, 2.75) is 24.7 Å². The lowest BCUT2D eigenvalue weighted by Crippen LogP contribution is -2.26.